The highest BCUT2D eigenvalue weighted by molar-refractivity contribution is 8.13. The molecule has 7 heteroatoms. The van der Waals surface area contributed by atoms with Gasteiger partial charge >= 0.3 is 0 Å². The van der Waals surface area contributed by atoms with Crippen molar-refractivity contribution in [3.8, 4) is 0 Å². The molecule has 1 atom stereocenters. The van der Waals surface area contributed by atoms with Crippen molar-refractivity contribution in [2.45, 2.75) is 25.9 Å². The third kappa shape index (κ3) is 3.45. The molecular formula is C21H20N4O2S. The topological polar surface area (TPSA) is 74.1 Å². The molecule has 0 fully saturated rings. The molecule has 0 aromatic heterocycles. The molecule has 1 unspecified atom stereocenters. The van der Waals surface area contributed by atoms with Gasteiger partial charge in [0.1, 0.15) is 5.70 Å². The van der Waals surface area contributed by atoms with E-state index in [-0.39, 0.29) is 11.7 Å². The Bertz CT molecular complexity index is 1070. The zero-order valence-electron chi connectivity index (χ0n) is 15.5. The van der Waals surface area contributed by atoms with Gasteiger partial charge in [-0.05, 0) is 12.5 Å². The van der Waals surface area contributed by atoms with E-state index in [0.717, 1.165) is 18.6 Å². The maximum atomic E-state index is 13.2. The van der Waals surface area contributed by atoms with E-state index >= 15 is 0 Å². The standard InChI is InChI=1S/C21H20N4O2S/c1-2-3-13-28-21-23-20(27)17-15-11-7-8-12-16(15)22-19(25(17)24-21)18(26)14-9-5-4-6-10-14/h4-12,19H,2-3,13H2,1H3,(H,23,24,27). The molecule has 4 rings (SSSR count). The highest BCUT2D eigenvalue weighted by Crippen LogP contribution is 2.23. The number of hydrazone groups is 1. The number of amides is 1. The van der Waals surface area contributed by atoms with E-state index in [2.05, 4.69) is 22.3 Å². The van der Waals surface area contributed by atoms with Crippen molar-refractivity contribution < 1.29 is 9.59 Å². The summed E-state index contributed by atoms with van der Waals surface area (Å²) in [6.07, 6.45) is 1.18. The number of para-hydroxylation sites is 1. The summed E-state index contributed by atoms with van der Waals surface area (Å²) in [6.45, 7) is 2.11. The molecule has 2 aliphatic heterocycles. The minimum absolute atomic E-state index is 0.191. The van der Waals surface area contributed by atoms with Crippen molar-refractivity contribution in [2.75, 3.05) is 5.75 Å². The second-order valence-corrected chi connectivity index (χ2v) is 7.59. The number of carbonyl (C=O) groups is 2. The molecule has 2 aromatic rings. The Morgan fingerprint density at radius 3 is 2.68 bits per heavy atom. The summed E-state index contributed by atoms with van der Waals surface area (Å²) in [5.74, 6) is 0.398. The van der Waals surface area contributed by atoms with Gasteiger partial charge in [-0.3, -0.25) is 14.9 Å². The third-order valence-corrected chi connectivity index (χ3v) is 5.49. The molecule has 0 aliphatic carbocycles. The summed E-state index contributed by atoms with van der Waals surface area (Å²) < 4.78 is 0. The highest BCUT2D eigenvalue weighted by Gasteiger charge is 2.37. The van der Waals surface area contributed by atoms with Crippen molar-refractivity contribution in [2.24, 2.45) is 10.1 Å². The van der Waals surface area contributed by atoms with Crippen LogP contribution in [0.25, 0.3) is 5.70 Å². The first kappa shape index (κ1) is 18.4. The van der Waals surface area contributed by atoms with Crippen LogP contribution in [0.1, 0.15) is 30.1 Å². The van der Waals surface area contributed by atoms with Crippen LogP contribution < -0.4 is 15.9 Å². The molecule has 6 nitrogen and oxygen atoms in total. The third-order valence-electron chi connectivity index (χ3n) is 4.54. The Kier molecular flexibility index (Phi) is 5.25. The van der Waals surface area contributed by atoms with Crippen LogP contribution >= 0.6 is 11.8 Å². The minimum Gasteiger partial charge on any atom is -0.298 e. The number of Topliss-reactive ketones (excluding diaryl/α,β-unsaturated/α-hetero) is 1. The fourth-order valence-electron chi connectivity index (χ4n) is 3.13. The second-order valence-electron chi connectivity index (χ2n) is 6.50. The number of hydrogen-bond acceptors (Lipinski definition) is 6. The first-order chi connectivity index (χ1) is 13.7. The minimum atomic E-state index is -0.903. The molecule has 2 heterocycles. The molecule has 0 radical (unpaired) electrons. The predicted molar refractivity (Wildman–Crippen MR) is 110 cm³/mol. The highest BCUT2D eigenvalue weighted by atomic mass is 32.2. The number of carbonyl (C=O) groups excluding carboxylic acids is 2. The van der Waals surface area contributed by atoms with Gasteiger partial charge in [0, 0.05) is 16.5 Å². The lowest BCUT2D eigenvalue weighted by Gasteiger charge is -2.33. The van der Waals surface area contributed by atoms with Gasteiger partial charge < -0.3 is 0 Å². The summed E-state index contributed by atoms with van der Waals surface area (Å²) in [5.41, 5.74) is 0.899. The first-order valence-corrected chi connectivity index (χ1v) is 10.3. The Hall–Kier alpha value is -2.93. The van der Waals surface area contributed by atoms with Crippen molar-refractivity contribution >= 4 is 34.3 Å². The fourth-order valence-corrected chi connectivity index (χ4v) is 4.07. The first-order valence-electron chi connectivity index (χ1n) is 9.27. The second kappa shape index (κ2) is 7.98. The lowest BCUT2D eigenvalue weighted by atomic mass is 10.1. The molecule has 28 heavy (non-hydrogen) atoms. The van der Waals surface area contributed by atoms with E-state index < -0.39 is 6.17 Å². The fraction of sp³-hybridized carbons (Fsp3) is 0.238. The summed E-state index contributed by atoms with van der Waals surface area (Å²) in [6, 6.07) is 16.3. The summed E-state index contributed by atoms with van der Waals surface area (Å²) >= 11 is 1.48. The van der Waals surface area contributed by atoms with E-state index in [9.17, 15) is 9.59 Å². The smallest absolute Gasteiger partial charge is 0.276 e. The number of hydrogen-bond donors (Lipinski definition) is 1. The number of nitrogens with one attached hydrogen (secondary N) is 1. The number of unbranched alkanes of at least 4 members (excludes halogenated alkanes) is 1. The van der Waals surface area contributed by atoms with Crippen LogP contribution in [-0.4, -0.2) is 33.8 Å². The van der Waals surface area contributed by atoms with Gasteiger partial charge in [-0.2, -0.15) is 0 Å². The van der Waals surface area contributed by atoms with Gasteiger partial charge in [0.25, 0.3) is 5.91 Å². The maximum Gasteiger partial charge on any atom is 0.276 e. The number of rotatable bonds is 5. The monoisotopic (exact) mass is 392 g/mol. The lowest BCUT2D eigenvalue weighted by Crippen LogP contribution is -2.54. The van der Waals surface area contributed by atoms with Crippen LogP contribution in [0.2, 0.25) is 0 Å². The molecule has 0 spiro atoms. The number of benzene rings is 2. The van der Waals surface area contributed by atoms with Gasteiger partial charge in [0.15, 0.2) is 5.17 Å². The zero-order valence-corrected chi connectivity index (χ0v) is 16.3. The van der Waals surface area contributed by atoms with E-state index in [4.69, 9.17) is 0 Å². The number of fused-ring (bicyclic) bond motifs is 2. The molecule has 1 N–H and O–H groups in total. The van der Waals surface area contributed by atoms with Gasteiger partial charge in [-0.15, -0.1) is 5.10 Å². The average Bonchev–Trinajstić information content (AvgIpc) is 2.73. The van der Waals surface area contributed by atoms with E-state index in [1.165, 1.54) is 16.8 Å². The van der Waals surface area contributed by atoms with Gasteiger partial charge in [0.05, 0.1) is 5.36 Å². The van der Waals surface area contributed by atoms with Gasteiger partial charge in [-0.1, -0.05) is 73.6 Å². The Labute approximate surface area is 167 Å². The molecule has 0 saturated heterocycles. The summed E-state index contributed by atoms with van der Waals surface area (Å²) in [5, 5.41) is 10.7. The normalized spacial score (nSPS) is 17.8. The van der Waals surface area contributed by atoms with Crippen LogP contribution in [0, 0.1) is 0 Å². The molecule has 0 saturated carbocycles. The van der Waals surface area contributed by atoms with E-state index in [1.54, 1.807) is 12.1 Å². The number of ketones is 1. The SMILES string of the molecule is CCCCSC1=NN2C(=c3ccccc3=NC2C(=O)c2ccccc2)C(=O)N1. The van der Waals surface area contributed by atoms with Crippen LogP contribution in [0.4, 0.5) is 0 Å². The molecular weight excluding hydrogens is 372 g/mol. The van der Waals surface area contributed by atoms with Crippen LogP contribution in [0.3, 0.4) is 0 Å². The molecule has 1 amide bonds. The lowest BCUT2D eigenvalue weighted by molar-refractivity contribution is -0.115. The molecule has 2 aliphatic rings. The van der Waals surface area contributed by atoms with Crippen molar-refractivity contribution in [1.29, 1.82) is 0 Å². The van der Waals surface area contributed by atoms with Gasteiger partial charge in [0.2, 0.25) is 11.9 Å². The number of amidine groups is 1. The van der Waals surface area contributed by atoms with Crippen LogP contribution in [0.5, 0.6) is 0 Å². The number of thioether (sulfide) groups is 1. The molecule has 0 bridgehead atoms. The zero-order chi connectivity index (χ0) is 19.5. The molecule has 2 aromatic carbocycles. The largest absolute Gasteiger partial charge is 0.298 e. The van der Waals surface area contributed by atoms with Crippen LogP contribution in [-0.2, 0) is 4.79 Å². The Balaban J connectivity index is 1.81. The predicted octanol–water partition coefficient (Wildman–Crippen LogP) is 1.87. The Morgan fingerprint density at radius 2 is 1.89 bits per heavy atom. The molecule has 142 valence electrons. The Morgan fingerprint density at radius 1 is 1.14 bits per heavy atom. The average molecular weight is 392 g/mol. The van der Waals surface area contributed by atoms with Crippen LogP contribution in [0.15, 0.2) is 64.7 Å². The quantitative estimate of drug-likeness (QED) is 0.623. The summed E-state index contributed by atoms with van der Waals surface area (Å²) in [7, 11) is 0. The van der Waals surface area contributed by atoms with Gasteiger partial charge in [-0.25, -0.2) is 10.0 Å². The van der Waals surface area contributed by atoms with E-state index in [0.29, 0.717) is 27.0 Å². The summed E-state index contributed by atoms with van der Waals surface area (Å²) in [4.78, 5) is 30.7. The maximum absolute atomic E-state index is 13.2. The van der Waals surface area contributed by atoms with Crippen molar-refractivity contribution in [3.05, 3.63) is 70.7 Å². The van der Waals surface area contributed by atoms with Crippen molar-refractivity contribution in [1.82, 2.24) is 10.3 Å². The van der Waals surface area contributed by atoms with E-state index in [1.807, 2.05) is 42.5 Å². The van der Waals surface area contributed by atoms with Crippen molar-refractivity contribution in [3.63, 3.8) is 0 Å². The number of nitrogens with zero attached hydrogens (tertiary/aromatic N) is 3.